The number of hydrogen-bond acceptors (Lipinski definition) is 14. The third kappa shape index (κ3) is 9.88. The zero-order valence-corrected chi connectivity index (χ0v) is 25.9. The van der Waals surface area contributed by atoms with Gasteiger partial charge >= 0.3 is 29.2 Å². The van der Waals surface area contributed by atoms with Gasteiger partial charge in [-0.1, -0.05) is 0 Å². The van der Waals surface area contributed by atoms with E-state index in [4.69, 9.17) is 14.5 Å². The average molecular weight is 712 g/mol. The van der Waals surface area contributed by atoms with Crippen molar-refractivity contribution in [2.24, 2.45) is 4.99 Å². The van der Waals surface area contributed by atoms with Crippen LogP contribution in [0.25, 0.3) is 6.08 Å². The van der Waals surface area contributed by atoms with Gasteiger partial charge in [-0.05, 0) is 12.5 Å². The topological polar surface area (TPSA) is 331 Å². The Kier molecular flexibility index (Phi) is 11.0. The number of carbonyl (C=O) groups excluding carboxylic acids is 1. The molecule has 46 heavy (non-hydrogen) atoms. The van der Waals surface area contributed by atoms with Crippen LogP contribution in [0, 0.1) is 0 Å². The van der Waals surface area contributed by atoms with Crippen LogP contribution in [0.2, 0.25) is 0 Å². The first kappa shape index (κ1) is 35.6. The Balaban J connectivity index is 1.31. The SMILES string of the molecule is O=C(/C=C/c1cn([C@H]2C[C@@H](O)[C@@H](COP(=O)(O)OP(=O)(O)OP(=O)(O)O)O2)c(=O)[nH]c1=O)NCCCc1nc2c(c(=O)[nH]1)N=CC2. The minimum atomic E-state index is -5.76. The maximum absolute atomic E-state index is 12.4. The first-order valence-electron chi connectivity index (χ1n) is 13.0. The highest BCUT2D eigenvalue weighted by molar-refractivity contribution is 7.66. The Morgan fingerprint density at radius 2 is 1.85 bits per heavy atom. The van der Waals surface area contributed by atoms with Gasteiger partial charge in [0.25, 0.3) is 11.1 Å². The first-order valence-corrected chi connectivity index (χ1v) is 17.5. The summed E-state index contributed by atoms with van der Waals surface area (Å²) in [5.74, 6) is -0.136. The Labute approximate surface area is 256 Å². The maximum atomic E-state index is 12.4. The van der Waals surface area contributed by atoms with Crippen LogP contribution < -0.4 is 22.1 Å². The van der Waals surface area contributed by atoms with Gasteiger partial charge in [-0.2, -0.15) is 8.62 Å². The zero-order valence-electron chi connectivity index (χ0n) is 23.2. The number of aromatic nitrogens is 4. The molecule has 252 valence electrons. The monoisotopic (exact) mass is 712 g/mol. The average Bonchev–Trinajstić information content (AvgIpc) is 3.54. The summed E-state index contributed by atoms with van der Waals surface area (Å²) in [5.41, 5.74) is -1.47. The van der Waals surface area contributed by atoms with Crippen LogP contribution in [0.1, 0.15) is 36.2 Å². The van der Waals surface area contributed by atoms with Gasteiger partial charge in [0.15, 0.2) is 0 Å². The summed E-state index contributed by atoms with van der Waals surface area (Å²) in [6.45, 7) is -0.772. The second-order valence-electron chi connectivity index (χ2n) is 9.62. The fraction of sp³-hybridized carbons (Fsp3) is 0.429. The fourth-order valence-corrected chi connectivity index (χ4v) is 7.24. The molecule has 0 aromatic carbocycles. The van der Waals surface area contributed by atoms with E-state index in [0.717, 1.165) is 22.9 Å². The normalized spacial score (nSPS) is 22.1. The lowest BCUT2D eigenvalue weighted by Crippen LogP contribution is -2.33. The molecule has 0 radical (unpaired) electrons. The van der Waals surface area contributed by atoms with E-state index >= 15 is 0 Å². The number of aromatic amines is 2. The van der Waals surface area contributed by atoms with Crippen molar-refractivity contribution in [3.63, 3.8) is 0 Å². The van der Waals surface area contributed by atoms with E-state index in [1.807, 2.05) is 4.98 Å². The molecular weight excluding hydrogens is 685 g/mol. The van der Waals surface area contributed by atoms with Crippen LogP contribution in [0.5, 0.6) is 0 Å². The Morgan fingerprint density at radius 1 is 1.11 bits per heavy atom. The number of amides is 1. The van der Waals surface area contributed by atoms with Crippen LogP contribution in [-0.2, 0) is 49.2 Å². The van der Waals surface area contributed by atoms with Gasteiger partial charge in [-0.15, -0.1) is 0 Å². The molecule has 2 aromatic heterocycles. The van der Waals surface area contributed by atoms with E-state index in [-0.39, 0.29) is 29.8 Å². The van der Waals surface area contributed by atoms with E-state index in [2.05, 4.69) is 33.4 Å². The molecule has 5 atom stereocenters. The Bertz CT molecular complexity index is 1860. The Morgan fingerprint density at radius 3 is 2.57 bits per heavy atom. The summed E-state index contributed by atoms with van der Waals surface area (Å²) in [7, 11) is -16.9. The minimum absolute atomic E-state index is 0.160. The van der Waals surface area contributed by atoms with Gasteiger partial charge in [0.1, 0.15) is 23.8 Å². The summed E-state index contributed by atoms with van der Waals surface area (Å²) in [4.78, 5) is 97.9. The number of hydrogen-bond donors (Lipinski definition) is 8. The molecule has 0 bridgehead atoms. The van der Waals surface area contributed by atoms with Crippen molar-refractivity contribution in [1.82, 2.24) is 24.8 Å². The number of rotatable bonds is 14. The highest BCUT2D eigenvalue weighted by Crippen LogP contribution is 2.66. The molecule has 8 N–H and O–H groups in total. The van der Waals surface area contributed by atoms with E-state index in [1.165, 1.54) is 0 Å². The molecule has 4 heterocycles. The van der Waals surface area contributed by atoms with E-state index in [0.29, 0.717) is 30.8 Å². The number of nitrogens with zero attached hydrogens (tertiary/aromatic N) is 3. The van der Waals surface area contributed by atoms with Crippen molar-refractivity contribution in [2.45, 2.75) is 44.1 Å². The number of ether oxygens (including phenoxy) is 1. The van der Waals surface area contributed by atoms with Crippen LogP contribution >= 0.6 is 23.5 Å². The van der Waals surface area contributed by atoms with Gasteiger partial charge in [-0.25, -0.2) is 23.5 Å². The quantitative estimate of drug-likeness (QED) is 0.0636. The molecule has 0 spiro atoms. The summed E-state index contributed by atoms with van der Waals surface area (Å²) in [5, 5.41) is 12.9. The molecule has 2 aliphatic rings. The Hall–Kier alpha value is -3.23. The van der Waals surface area contributed by atoms with Crippen LogP contribution in [0.3, 0.4) is 0 Å². The second kappa shape index (κ2) is 14.3. The number of H-pyrrole nitrogens is 2. The summed E-state index contributed by atoms with van der Waals surface area (Å²) in [6.07, 6.45) is 1.57. The van der Waals surface area contributed by atoms with E-state index in [9.17, 15) is 47.8 Å². The molecule has 2 aliphatic heterocycles. The second-order valence-corrected chi connectivity index (χ2v) is 14.0. The summed E-state index contributed by atoms with van der Waals surface area (Å²) in [6, 6.07) is 0. The first-order chi connectivity index (χ1) is 21.4. The summed E-state index contributed by atoms with van der Waals surface area (Å²) >= 11 is 0. The predicted octanol–water partition coefficient (Wildman–Crippen LogP) is -1.37. The van der Waals surface area contributed by atoms with Crippen molar-refractivity contribution >= 4 is 47.4 Å². The minimum Gasteiger partial charge on any atom is -0.390 e. The van der Waals surface area contributed by atoms with E-state index in [1.54, 1.807) is 6.21 Å². The van der Waals surface area contributed by atoms with Crippen molar-refractivity contribution < 1.29 is 61.1 Å². The molecule has 4 rings (SSSR count). The largest absolute Gasteiger partial charge is 0.490 e. The summed E-state index contributed by atoms with van der Waals surface area (Å²) < 4.78 is 52.1. The maximum Gasteiger partial charge on any atom is 0.490 e. The molecule has 0 saturated carbocycles. The lowest BCUT2D eigenvalue weighted by molar-refractivity contribution is -0.116. The van der Waals surface area contributed by atoms with Crippen LogP contribution in [0.15, 0.2) is 31.6 Å². The van der Waals surface area contributed by atoms with Gasteiger partial charge in [-0.3, -0.25) is 33.5 Å². The molecule has 2 unspecified atom stereocenters. The van der Waals surface area contributed by atoms with Gasteiger partial charge < -0.3 is 39.7 Å². The third-order valence-corrected chi connectivity index (χ3v) is 9.96. The standard InChI is InChI=1S/C21H27N6O16P3/c28-13-8-17(41-14(13)10-40-45(36,37)43-46(38,39)42-44(33,34)35)27-9-11(19(30)26-21(27)32)3-4-16(29)22-6-1-2-15-24-12-5-7-23-18(12)20(31)25-15/h3-4,7,9,13-14,17,28H,1-2,5-6,8,10H2,(H,22,29)(H,36,37)(H,38,39)(H,24,25,31)(H,26,30,32)(H2,33,34,35)/b4-3+/t13-,14-,17-/m1/s1. The van der Waals surface area contributed by atoms with Crippen molar-refractivity contribution in [3.8, 4) is 0 Å². The molecule has 0 aliphatic carbocycles. The highest BCUT2D eigenvalue weighted by Gasteiger charge is 2.43. The molecule has 22 nitrogen and oxygen atoms in total. The van der Waals surface area contributed by atoms with Crippen molar-refractivity contribution in [3.05, 3.63) is 60.5 Å². The van der Waals surface area contributed by atoms with Gasteiger partial charge in [0, 0.05) is 44.3 Å². The molecular formula is C21H27N6O16P3. The van der Waals surface area contributed by atoms with Gasteiger partial charge in [0.2, 0.25) is 5.91 Å². The van der Waals surface area contributed by atoms with Crippen LogP contribution in [0.4, 0.5) is 5.69 Å². The number of carbonyl (C=O) groups is 1. The number of aliphatic hydroxyl groups excluding tert-OH is 1. The highest BCUT2D eigenvalue weighted by atomic mass is 31.3. The predicted molar refractivity (Wildman–Crippen MR) is 153 cm³/mol. The number of phosphoric acid groups is 3. The molecule has 25 heteroatoms. The smallest absolute Gasteiger partial charge is 0.390 e. The molecule has 2 aromatic rings. The van der Waals surface area contributed by atoms with Crippen molar-refractivity contribution in [2.75, 3.05) is 13.2 Å². The molecule has 1 amide bonds. The number of aryl methyl sites for hydroxylation is 1. The number of nitrogens with one attached hydrogen (secondary N) is 3. The van der Waals surface area contributed by atoms with Crippen LogP contribution in [-0.4, -0.2) is 81.7 Å². The van der Waals surface area contributed by atoms with E-state index < -0.39 is 65.7 Å². The lowest BCUT2D eigenvalue weighted by Gasteiger charge is -2.19. The number of aliphatic hydroxyl groups is 1. The van der Waals surface area contributed by atoms with Gasteiger partial charge in [0.05, 0.1) is 24.0 Å². The van der Waals surface area contributed by atoms with Crippen molar-refractivity contribution in [1.29, 1.82) is 0 Å². The number of aliphatic imine (C=N–C) groups is 1. The third-order valence-electron chi connectivity index (χ3n) is 6.15. The fourth-order valence-electron chi connectivity index (χ4n) is 4.21. The number of phosphoric ester groups is 1. The number of fused-ring (bicyclic) bond motifs is 1. The molecule has 1 saturated heterocycles. The zero-order chi connectivity index (χ0) is 33.9. The lowest BCUT2D eigenvalue weighted by atomic mass is 10.2. The molecule has 1 fully saturated rings.